The van der Waals surface area contributed by atoms with Gasteiger partial charge in [-0.3, -0.25) is 0 Å². The summed E-state index contributed by atoms with van der Waals surface area (Å²) < 4.78 is 12.9. The summed E-state index contributed by atoms with van der Waals surface area (Å²) in [5.41, 5.74) is 1.04. The van der Waals surface area contributed by atoms with E-state index in [1.54, 1.807) is 6.42 Å². The zero-order valence-electron chi connectivity index (χ0n) is 18.3. The van der Waals surface area contributed by atoms with E-state index in [2.05, 4.69) is 25.6 Å². The summed E-state index contributed by atoms with van der Waals surface area (Å²) in [6, 6.07) is 0. The van der Waals surface area contributed by atoms with Crippen LogP contribution in [0.4, 0.5) is 0 Å². The third kappa shape index (κ3) is 2.60. The van der Waals surface area contributed by atoms with Crippen molar-refractivity contribution in [3.63, 3.8) is 0 Å². The van der Waals surface area contributed by atoms with Gasteiger partial charge in [0.25, 0.3) is 0 Å². The fourth-order valence-corrected chi connectivity index (χ4v) is 10.6. The van der Waals surface area contributed by atoms with Crippen molar-refractivity contribution in [1.29, 1.82) is 0 Å². The molecule has 3 heteroatoms. The number of hydrogen-bond acceptors (Lipinski definition) is 3. The number of hydrogen-bond donors (Lipinski definition) is 0. The van der Waals surface area contributed by atoms with Gasteiger partial charge in [-0.15, -0.1) is 0 Å². The Hall–Kier alpha value is 0.270. The number of ether oxygens (including phenoxy) is 2. The van der Waals surface area contributed by atoms with Crippen molar-refractivity contribution in [1.82, 2.24) is 0 Å². The Morgan fingerprint density at radius 1 is 0.821 bits per heavy atom. The van der Waals surface area contributed by atoms with Crippen LogP contribution >= 0.6 is 11.8 Å². The highest BCUT2D eigenvalue weighted by molar-refractivity contribution is 8.07. The molecule has 2 nitrogen and oxygen atoms in total. The maximum Gasteiger partial charge on any atom is 0.168 e. The quantitative estimate of drug-likeness (QED) is 0.399. The van der Waals surface area contributed by atoms with Crippen LogP contribution in [0.5, 0.6) is 0 Å². The van der Waals surface area contributed by atoms with E-state index >= 15 is 0 Å². The highest BCUT2D eigenvalue weighted by Gasteiger charge is 2.64. The van der Waals surface area contributed by atoms with Gasteiger partial charge in [-0.25, -0.2) is 0 Å². The Morgan fingerprint density at radius 3 is 2.39 bits per heavy atom. The lowest BCUT2D eigenvalue weighted by Gasteiger charge is -2.60. The minimum absolute atomic E-state index is 0.259. The van der Waals surface area contributed by atoms with Gasteiger partial charge < -0.3 is 9.47 Å². The fourth-order valence-electron chi connectivity index (χ4n) is 9.21. The molecule has 1 aliphatic heterocycles. The van der Waals surface area contributed by atoms with Crippen molar-refractivity contribution < 1.29 is 9.47 Å². The molecule has 0 N–H and O–H groups in total. The molecule has 0 bridgehead atoms. The second kappa shape index (κ2) is 6.39. The highest BCUT2D eigenvalue weighted by Crippen LogP contribution is 2.70. The van der Waals surface area contributed by atoms with E-state index in [0.29, 0.717) is 16.9 Å². The van der Waals surface area contributed by atoms with Crippen LogP contribution in [0.25, 0.3) is 0 Å². The topological polar surface area (TPSA) is 18.5 Å². The van der Waals surface area contributed by atoms with Gasteiger partial charge in [-0.1, -0.05) is 13.8 Å². The van der Waals surface area contributed by atoms with Crippen LogP contribution in [0, 0.1) is 34.5 Å². The molecule has 5 saturated carbocycles. The van der Waals surface area contributed by atoms with Crippen LogP contribution in [0.1, 0.15) is 90.9 Å². The number of fused-ring (bicyclic) bond motifs is 6. The average Bonchev–Trinajstić information content (AvgIpc) is 3.11. The number of thioether (sulfide) groups is 1. The Morgan fingerprint density at radius 2 is 1.61 bits per heavy atom. The van der Waals surface area contributed by atoms with Crippen LogP contribution in [0.3, 0.4) is 0 Å². The average molecular weight is 405 g/mol. The number of rotatable bonds is 3. The van der Waals surface area contributed by atoms with Gasteiger partial charge in [0.1, 0.15) is 0 Å². The van der Waals surface area contributed by atoms with E-state index in [0.717, 1.165) is 47.0 Å². The summed E-state index contributed by atoms with van der Waals surface area (Å²) in [6.45, 7) is 5.32. The zero-order chi connectivity index (χ0) is 19.1. The Kier molecular flexibility index (Phi) is 4.33. The molecule has 0 amide bonds. The zero-order valence-corrected chi connectivity index (χ0v) is 19.1. The van der Waals surface area contributed by atoms with E-state index < -0.39 is 0 Å². The van der Waals surface area contributed by atoms with E-state index in [1.165, 1.54) is 57.8 Å². The highest BCUT2D eigenvalue weighted by atomic mass is 32.2. The van der Waals surface area contributed by atoms with Gasteiger partial charge in [0, 0.05) is 30.5 Å². The van der Waals surface area contributed by atoms with Gasteiger partial charge >= 0.3 is 0 Å². The molecule has 0 aromatic heterocycles. The normalized spacial score (nSPS) is 56.5. The lowest BCUT2D eigenvalue weighted by atomic mass is 9.45. The van der Waals surface area contributed by atoms with Gasteiger partial charge in [0.15, 0.2) is 5.79 Å². The van der Waals surface area contributed by atoms with Crippen LogP contribution in [-0.2, 0) is 9.47 Å². The molecule has 0 radical (unpaired) electrons. The smallest absolute Gasteiger partial charge is 0.168 e. The van der Waals surface area contributed by atoms with Crippen molar-refractivity contribution in [3.8, 4) is 0 Å². The molecular formula is C25H40O2S. The van der Waals surface area contributed by atoms with Crippen molar-refractivity contribution >= 4 is 11.8 Å². The van der Waals surface area contributed by atoms with Crippen LogP contribution in [0.2, 0.25) is 0 Å². The van der Waals surface area contributed by atoms with E-state index in [-0.39, 0.29) is 5.79 Å². The Labute approximate surface area is 176 Å². The van der Waals surface area contributed by atoms with Crippen molar-refractivity contribution in [3.05, 3.63) is 0 Å². The summed E-state index contributed by atoms with van der Waals surface area (Å²) in [5, 5.41) is 2.07. The third-order valence-corrected chi connectivity index (χ3v) is 12.3. The second-order valence-corrected chi connectivity index (χ2v) is 13.3. The predicted molar refractivity (Wildman–Crippen MR) is 115 cm³/mol. The maximum atomic E-state index is 6.89. The summed E-state index contributed by atoms with van der Waals surface area (Å²) in [7, 11) is 1.88. The molecule has 5 aliphatic carbocycles. The van der Waals surface area contributed by atoms with Crippen molar-refractivity contribution in [2.75, 3.05) is 7.11 Å². The first kappa shape index (κ1) is 19.0. The fraction of sp³-hybridized carbons (Fsp3) is 1.00. The Bertz CT molecular complexity index is 630. The van der Waals surface area contributed by atoms with Crippen LogP contribution < -0.4 is 0 Å². The van der Waals surface area contributed by atoms with Crippen LogP contribution in [0.15, 0.2) is 0 Å². The standard InChI is InChI=1S/C25H40O2S/c1-23-13-10-19-17(7-6-16-14-20-21(28-20)15-24(16,19)2)18(23)8-9-22(23)27-25(26-3)11-4-5-12-25/h16-22H,4-15H2,1-3H3/t16?,17-,18-,19-,20-,21+,22-,23-,24-/m0/s1. The van der Waals surface area contributed by atoms with Gasteiger partial charge in [-0.2, -0.15) is 11.8 Å². The molecule has 1 unspecified atom stereocenters. The molecule has 0 spiro atoms. The molecule has 9 atom stereocenters. The first-order chi connectivity index (χ1) is 13.5. The van der Waals surface area contributed by atoms with Crippen molar-refractivity contribution in [2.45, 2.75) is 113 Å². The molecule has 0 aromatic carbocycles. The molecule has 0 aromatic rings. The second-order valence-electron chi connectivity index (χ2n) is 11.9. The maximum absolute atomic E-state index is 6.89. The van der Waals surface area contributed by atoms with Gasteiger partial charge in [0.05, 0.1) is 6.10 Å². The minimum Gasteiger partial charge on any atom is -0.353 e. The van der Waals surface area contributed by atoms with Gasteiger partial charge in [0.2, 0.25) is 0 Å². The molecule has 6 fully saturated rings. The third-order valence-electron chi connectivity index (χ3n) is 10.9. The van der Waals surface area contributed by atoms with E-state index in [1.807, 2.05) is 7.11 Å². The molecule has 6 aliphatic rings. The molecule has 1 saturated heterocycles. The summed E-state index contributed by atoms with van der Waals surface area (Å²) >= 11 is 2.31. The molecule has 1 heterocycles. The van der Waals surface area contributed by atoms with Crippen molar-refractivity contribution in [2.24, 2.45) is 34.5 Å². The molecule has 158 valence electrons. The number of methoxy groups -OCH3 is 1. The first-order valence-corrected chi connectivity index (χ1v) is 13.3. The minimum atomic E-state index is -0.259. The first-order valence-electron chi connectivity index (χ1n) is 12.4. The van der Waals surface area contributed by atoms with Crippen LogP contribution in [-0.4, -0.2) is 29.5 Å². The Balaban J connectivity index is 1.23. The van der Waals surface area contributed by atoms with Gasteiger partial charge in [-0.05, 0) is 98.7 Å². The molecule has 28 heavy (non-hydrogen) atoms. The molecule has 6 rings (SSSR count). The predicted octanol–water partition coefficient (Wildman–Crippen LogP) is 6.42. The summed E-state index contributed by atoms with van der Waals surface area (Å²) in [5.74, 6) is 3.63. The monoisotopic (exact) mass is 404 g/mol. The largest absolute Gasteiger partial charge is 0.353 e. The lowest BCUT2D eigenvalue weighted by Crippen LogP contribution is -2.55. The summed E-state index contributed by atoms with van der Waals surface area (Å²) in [4.78, 5) is 0. The summed E-state index contributed by atoms with van der Waals surface area (Å²) in [6.07, 6.45) is 16.8. The lowest BCUT2D eigenvalue weighted by molar-refractivity contribution is -0.264. The SMILES string of the molecule is COC1(O[C@H]2CC[C@H]3[C@@H]4CCC5C[C@@H]6S[C@@H]6C[C@]5(C)[C@H]4CC[C@]23C)CCCC1. The van der Waals surface area contributed by atoms with E-state index in [9.17, 15) is 0 Å². The van der Waals surface area contributed by atoms with E-state index in [4.69, 9.17) is 9.47 Å². The molecular weight excluding hydrogens is 364 g/mol.